The van der Waals surface area contributed by atoms with Gasteiger partial charge in [0.2, 0.25) is 0 Å². The van der Waals surface area contributed by atoms with Gasteiger partial charge in [-0.3, -0.25) is 0 Å². The molecule has 0 aromatic rings. The van der Waals surface area contributed by atoms with Crippen LogP contribution in [0, 0.1) is 5.92 Å². The molecular weight excluding hydrogens is 162 g/mol. The van der Waals surface area contributed by atoms with Gasteiger partial charge in [-0.2, -0.15) is 0 Å². The average molecular weight is 185 g/mol. The minimum Gasteiger partial charge on any atom is -0.393 e. The van der Waals surface area contributed by atoms with E-state index in [0.717, 1.165) is 25.7 Å². The summed E-state index contributed by atoms with van der Waals surface area (Å²) in [5, 5.41) is 9.41. The van der Waals surface area contributed by atoms with E-state index in [4.69, 9.17) is 5.73 Å². The van der Waals surface area contributed by atoms with E-state index < -0.39 is 0 Å². The molecule has 1 aliphatic rings. The molecule has 0 saturated heterocycles. The molecular formula is C11H23NO. The van der Waals surface area contributed by atoms with E-state index in [2.05, 4.69) is 13.8 Å². The molecule has 13 heavy (non-hydrogen) atoms. The molecule has 3 N–H and O–H groups in total. The first-order chi connectivity index (χ1) is 6.12. The van der Waals surface area contributed by atoms with E-state index in [0.29, 0.717) is 5.92 Å². The van der Waals surface area contributed by atoms with Crippen LogP contribution in [0.5, 0.6) is 0 Å². The molecule has 2 nitrogen and oxygen atoms in total. The summed E-state index contributed by atoms with van der Waals surface area (Å²) in [6.45, 7) is 4.43. The molecule has 0 radical (unpaired) electrons. The molecule has 1 rings (SSSR count). The molecule has 0 aromatic carbocycles. The molecule has 1 fully saturated rings. The van der Waals surface area contributed by atoms with Crippen LogP contribution in [0.4, 0.5) is 0 Å². The largest absolute Gasteiger partial charge is 0.393 e. The van der Waals surface area contributed by atoms with Crippen molar-refractivity contribution in [3.05, 3.63) is 0 Å². The van der Waals surface area contributed by atoms with Gasteiger partial charge in [0, 0.05) is 5.54 Å². The smallest absolute Gasteiger partial charge is 0.0541 e. The molecule has 78 valence electrons. The Bertz CT molecular complexity index is 146. The van der Waals surface area contributed by atoms with Crippen molar-refractivity contribution in [2.24, 2.45) is 11.7 Å². The fourth-order valence-corrected chi connectivity index (χ4v) is 2.65. The van der Waals surface area contributed by atoms with Crippen LogP contribution in [0.1, 0.15) is 52.4 Å². The Labute approximate surface area is 81.5 Å². The first-order valence-corrected chi connectivity index (χ1v) is 5.59. The van der Waals surface area contributed by atoms with E-state index in [-0.39, 0.29) is 11.6 Å². The third-order valence-corrected chi connectivity index (χ3v) is 3.68. The maximum atomic E-state index is 9.41. The van der Waals surface area contributed by atoms with Crippen molar-refractivity contribution in [3.8, 4) is 0 Å². The lowest BCUT2D eigenvalue weighted by atomic mass is 9.71. The van der Waals surface area contributed by atoms with Gasteiger partial charge in [-0.25, -0.2) is 0 Å². The van der Waals surface area contributed by atoms with E-state index in [9.17, 15) is 5.11 Å². The van der Waals surface area contributed by atoms with Crippen LogP contribution < -0.4 is 5.73 Å². The number of nitrogens with two attached hydrogens (primary N) is 1. The number of aliphatic hydroxyl groups is 1. The minimum atomic E-state index is -0.0916. The zero-order chi connectivity index (χ0) is 9.90. The third-order valence-electron chi connectivity index (χ3n) is 3.68. The molecule has 0 unspecified atom stereocenters. The van der Waals surface area contributed by atoms with E-state index >= 15 is 0 Å². The van der Waals surface area contributed by atoms with Crippen molar-refractivity contribution in [2.45, 2.75) is 64.0 Å². The Morgan fingerprint density at radius 3 is 2.15 bits per heavy atom. The zero-order valence-electron chi connectivity index (χ0n) is 8.92. The van der Waals surface area contributed by atoms with Gasteiger partial charge in [0.25, 0.3) is 0 Å². The number of hydrogen-bond donors (Lipinski definition) is 2. The predicted octanol–water partition coefficient (Wildman–Crippen LogP) is 2.05. The normalized spacial score (nSPS) is 35.3. The Balaban J connectivity index is 2.54. The predicted molar refractivity (Wildman–Crippen MR) is 55.5 cm³/mol. The van der Waals surface area contributed by atoms with Crippen LogP contribution in [0.3, 0.4) is 0 Å². The molecule has 0 spiro atoms. The van der Waals surface area contributed by atoms with Gasteiger partial charge in [0.1, 0.15) is 0 Å². The second kappa shape index (κ2) is 4.43. The Kier molecular flexibility index (Phi) is 3.74. The van der Waals surface area contributed by atoms with Crippen molar-refractivity contribution in [3.63, 3.8) is 0 Å². The maximum Gasteiger partial charge on any atom is 0.0541 e. The summed E-state index contributed by atoms with van der Waals surface area (Å²) in [6.07, 6.45) is 6.04. The topological polar surface area (TPSA) is 46.2 Å². The monoisotopic (exact) mass is 185 g/mol. The molecule has 0 amide bonds. The third kappa shape index (κ3) is 2.44. The average Bonchev–Trinajstić information content (AvgIpc) is 2.13. The number of rotatable bonds is 3. The van der Waals surface area contributed by atoms with Gasteiger partial charge in [0.15, 0.2) is 0 Å². The fraction of sp³-hybridized carbons (Fsp3) is 1.00. The van der Waals surface area contributed by atoms with Crippen molar-refractivity contribution in [1.29, 1.82) is 0 Å². The van der Waals surface area contributed by atoms with Gasteiger partial charge >= 0.3 is 0 Å². The quantitative estimate of drug-likeness (QED) is 0.707. The number of aliphatic hydroxyl groups excluding tert-OH is 1. The highest BCUT2D eigenvalue weighted by Gasteiger charge is 2.36. The van der Waals surface area contributed by atoms with Crippen LogP contribution in [0.15, 0.2) is 0 Å². The van der Waals surface area contributed by atoms with Crippen LogP contribution in [0.2, 0.25) is 0 Å². The van der Waals surface area contributed by atoms with Crippen LogP contribution in [-0.4, -0.2) is 16.7 Å². The van der Waals surface area contributed by atoms with E-state index in [1.165, 1.54) is 12.8 Å². The molecule has 0 atom stereocenters. The Hall–Kier alpha value is -0.0800. The van der Waals surface area contributed by atoms with Crippen molar-refractivity contribution in [1.82, 2.24) is 0 Å². The molecule has 0 aliphatic heterocycles. The molecule has 1 saturated carbocycles. The van der Waals surface area contributed by atoms with Gasteiger partial charge < -0.3 is 10.8 Å². The summed E-state index contributed by atoms with van der Waals surface area (Å²) < 4.78 is 0. The summed E-state index contributed by atoms with van der Waals surface area (Å²) in [4.78, 5) is 0. The Morgan fingerprint density at radius 1 is 1.31 bits per heavy atom. The summed E-state index contributed by atoms with van der Waals surface area (Å²) >= 11 is 0. The Morgan fingerprint density at radius 2 is 1.77 bits per heavy atom. The van der Waals surface area contributed by atoms with Gasteiger partial charge in [-0.15, -0.1) is 0 Å². The van der Waals surface area contributed by atoms with E-state index in [1.54, 1.807) is 0 Å². The van der Waals surface area contributed by atoms with Crippen LogP contribution in [-0.2, 0) is 0 Å². The molecule has 1 aliphatic carbocycles. The summed E-state index contributed by atoms with van der Waals surface area (Å²) in [7, 11) is 0. The first-order valence-electron chi connectivity index (χ1n) is 5.59. The molecule has 0 heterocycles. The zero-order valence-corrected chi connectivity index (χ0v) is 8.92. The van der Waals surface area contributed by atoms with Crippen molar-refractivity contribution in [2.75, 3.05) is 0 Å². The highest BCUT2D eigenvalue weighted by molar-refractivity contribution is 4.94. The standard InChI is InChI=1S/C11H23NO/c1-3-9(4-2)11(12)7-5-10(13)6-8-11/h9-10,13H,3-8,12H2,1-2H3. The highest BCUT2D eigenvalue weighted by Crippen LogP contribution is 2.35. The summed E-state index contributed by atoms with van der Waals surface area (Å²) in [6, 6.07) is 0. The van der Waals surface area contributed by atoms with Gasteiger partial charge in [0.05, 0.1) is 6.10 Å². The molecule has 0 aromatic heterocycles. The van der Waals surface area contributed by atoms with E-state index in [1.807, 2.05) is 0 Å². The van der Waals surface area contributed by atoms with Crippen molar-refractivity contribution >= 4 is 0 Å². The van der Waals surface area contributed by atoms with Crippen molar-refractivity contribution < 1.29 is 5.11 Å². The lowest BCUT2D eigenvalue weighted by molar-refractivity contribution is 0.0721. The second-order valence-corrected chi connectivity index (χ2v) is 4.48. The lowest BCUT2D eigenvalue weighted by Crippen LogP contribution is -2.50. The minimum absolute atomic E-state index is 0.0166. The SMILES string of the molecule is CCC(CC)C1(N)CCC(O)CC1. The maximum absolute atomic E-state index is 9.41. The molecule has 0 bridgehead atoms. The van der Waals surface area contributed by atoms with Crippen LogP contribution >= 0.6 is 0 Å². The first kappa shape index (κ1) is 11.0. The second-order valence-electron chi connectivity index (χ2n) is 4.48. The van der Waals surface area contributed by atoms with Crippen LogP contribution in [0.25, 0.3) is 0 Å². The number of hydrogen-bond acceptors (Lipinski definition) is 2. The van der Waals surface area contributed by atoms with Gasteiger partial charge in [-0.1, -0.05) is 26.7 Å². The summed E-state index contributed by atoms with van der Waals surface area (Å²) in [5.41, 5.74) is 6.39. The highest BCUT2D eigenvalue weighted by atomic mass is 16.3. The molecule has 2 heteroatoms. The van der Waals surface area contributed by atoms with Gasteiger partial charge in [-0.05, 0) is 31.6 Å². The summed E-state index contributed by atoms with van der Waals surface area (Å²) in [5.74, 6) is 0.639. The fourth-order valence-electron chi connectivity index (χ4n) is 2.65. The lowest BCUT2D eigenvalue weighted by Gasteiger charge is -2.41.